The number of nitrogens with zero attached hydrogens (tertiary/aromatic N) is 3. The Balaban J connectivity index is 2.75. The van der Waals surface area contributed by atoms with E-state index in [4.69, 9.17) is 4.74 Å². The molecule has 0 bridgehead atoms. The van der Waals surface area contributed by atoms with Gasteiger partial charge in [0.15, 0.2) is 0 Å². The molecule has 2 aromatic rings. The second-order valence-corrected chi connectivity index (χ2v) is 8.85. The average molecular weight is 428 g/mol. The van der Waals surface area contributed by atoms with Gasteiger partial charge in [-0.25, -0.2) is 4.68 Å². The Morgan fingerprint density at radius 3 is 2.23 bits per heavy atom. The monoisotopic (exact) mass is 427 g/mol. The van der Waals surface area contributed by atoms with Gasteiger partial charge < -0.3 is 4.74 Å². The van der Waals surface area contributed by atoms with Crippen LogP contribution in [-0.4, -0.2) is 26.6 Å². The van der Waals surface area contributed by atoms with Gasteiger partial charge in [0.05, 0.1) is 22.3 Å². The standard InChI is InChI=1S/C24H33N3O4/c1-13(2)12-26-24(31-15(5)6)22(18(9)25-26)23(28)19-10-11-20(27(29)30)21(17(19)8)16(7)14(3)4/h10-11,13,15H,12H2,1-9H3. The molecule has 0 saturated carbocycles. The summed E-state index contributed by atoms with van der Waals surface area (Å²) in [5.74, 6) is 0.535. The molecule has 0 unspecified atom stereocenters. The lowest BCUT2D eigenvalue weighted by molar-refractivity contribution is -0.385. The molecule has 168 valence electrons. The SMILES string of the molecule is CC(C)=C(C)c1c([N+](=O)[O-])ccc(C(=O)c2c(C)nn(CC(C)C)c2OC(C)C)c1C. The van der Waals surface area contributed by atoms with Crippen LogP contribution in [-0.2, 0) is 6.54 Å². The van der Waals surface area contributed by atoms with E-state index in [0.717, 1.165) is 11.1 Å². The van der Waals surface area contributed by atoms with Gasteiger partial charge in [0, 0.05) is 18.2 Å². The molecule has 31 heavy (non-hydrogen) atoms. The zero-order valence-corrected chi connectivity index (χ0v) is 20.0. The normalized spacial score (nSPS) is 11.2. The molecule has 7 heteroatoms. The third-order valence-electron chi connectivity index (χ3n) is 5.20. The van der Waals surface area contributed by atoms with Crippen LogP contribution in [0.3, 0.4) is 0 Å². The van der Waals surface area contributed by atoms with E-state index < -0.39 is 4.92 Å². The number of aromatic nitrogens is 2. The molecule has 0 spiro atoms. The molecule has 0 aliphatic rings. The molecule has 0 saturated heterocycles. The first-order valence-electron chi connectivity index (χ1n) is 10.6. The number of nitro groups is 1. The van der Waals surface area contributed by atoms with Gasteiger partial charge in [0.1, 0.15) is 5.56 Å². The summed E-state index contributed by atoms with van der Waals surface area (Å²) in [6.45, 7) is 17.8. The molecule has 0 aliphatic carbocycles. The zero-order chi connectivity index (χ0) is 23.6. The van der Waals surface area contributed by atoms with Gasteiger partial charge in [-0.05, 0) is 71.6 Å². The molecule has 0 amide bonds. The van der Waals surface area contributed by atoms with Crippen LogP contribution in [0.2, 0.25) is 0 Å². The Morgan fingerprint density at radius 2 is 1.74 bits per heavy atom. The van der Waals surface area contributed by atoms with Crippen molar-refractivity contribution in [1.29, 1.82) is 0 Å². The highest BCUT2D eigenvalue weighted by atomic mass is 16.6. The molecule has 0 aliphatic heterocycles. The lowest BCUT2D eigenvalue weighted by atomic mass is 9.90. The van der Waals surface area contributed by atoms with Gasteiger partial charge in [-0.2, -0.15) is 5.10 Å². The fraction of sp³-hybridized carbons (Fsp3) is 0.500. The van der Waals surface area contributed by atoms with Crippen LogP contribution in [0.5, 0.6) is 5.88 Å². The summed E-state index contributed by atoms with van der Waals surface area (Å²) in [7, 11) is 0. The first kappa shape index (κ1) is 24.3. The third-order valence-corrected chi connectivity index (χ3v) is 5.20. The summed E-state index contributed by atoms with van der Waals surface area (Å²) in [6, 6.07) is 2.95. The minimum Gasteiger partial charge on any atom is -0.475 e. The van der Waals surface area contributed by atoms with Crippen LogP contribution in [0, 0.1) is 29.9 Å². The number of benzene rings is 1. The predicted octanol–water partition coefficient (Wildman–Crippen LogP) is 5.90. The van der Waals surface area contributed by atoms with Crippen LogP contribution in [0.25, 0.3) is 5.57 Å². The van der Waals surface area contributed by atoms with E-state index in [0.29, 0.717) is 46.3 Å². The number of carbonyl (C=O) groups excluding carboxylic acids is 1. The van der Waals surface area contributed by atoms with Gasteiger partial charge in [0.25, 0.3) is 5.69 Å². The second-order valence-electron chi connectivity index (χ2n) is 8.85. The number of carbonyl (C=O) groups is 1. The first-order valence-corrected chi connectivity index (χ1v) is 10.6. The van der Waals surface area contributed by atoms with Gasteiger partial charge in [-0.1, -0.05) is 19.4 Å². The van der Waals surface area contributed by atoms with E-state index in [-0.39, 0.29) is 17.6 Å². The molecule has 1 heterocycles. The number of aryl methyl sites for hydroxylation is 1. The summed E-state index contributed by atoms with van der Waals surface area (Å²) in [4.78, 5) is 24.9. The molecular formula is C24H33N3O4. The zero-order valence-electron chi connectivity index (χ0n) is 20.0. The quantitative estimate of drug-likeness (QED) is 0.297. The van der Waals surface area contributed by atoms with Crippen molar-refractivity contribution >= 4 is 17.0 Å². The second kappa shape index (κ2) is 9.45. The summed E-state index contributed by atoms with van der Waals surface area (Å²) in [6.07, 6.45) is -0.130. The van der Waals surface area contributed by atoms with Gasteiger partial charge in [0.2, 0.25) is 11.7 Å². The largest absolute Gasteiger partial charge is 0.475 e. The van der Waals surface area contributed by atoms with Crippen molar-refractivity contribution in [2.75, 3.05) is 0 Å². The average Bonchev–Trinajstić information content (AvgIpc) is 2.93. The topological polar surface area (TPSA) is 87.3 Å². The Labute approximate surface area is 184 Å². The minimum absolute atomic E-state index is 0.00127. The first-order chi connectivity index (χ1) is 14.4. The molecule has 7 nitrogen and oxygen atoms in total. The highest BCUT2D eigenvalue weighted by molar-refractivity contribution is 6.13. The third kappa shape index (κ3) is 5.03. The van der Waals surface area contributed by atoms with E-state index >= 15 is 0 Å². The van der Waals surface area contributed by atoms with Crippen LogP contribution < -0.4 is 4.74 Å². The maximum atomic E-state index is 13.7. The summed E-state index contributed by atoms with van der Waals surface area (Å²) in [5.41, 5.74) is 4.25. The molecule has 2 rings (SSSR count). The number of hydrogen-bond acceptors (Lipinski definition) is 5. The maximum Gasteiger partial charge on any atom is 0.277 e. The van der Waals surface area contributed by atoms with E-state index in [1.54, 1.807) is 18.5 Å². The Hall–Kier alpha value is -2.96. The van der Waals surface area contributed by atoms with Gasteiger partial charge >= 0.3 is 0 Å². The van der Waals surface area contributed by atoms with Crippen molar-refractivity contribution in [3.63, 3.8) is 0 Å². The van der Waals surface area contributed by atoms with Crippen molar-refractivity contribution in [3.8, 4) is 5.88 Å². The van der Waals surface area contributed by atoms with Crippen molar-refractivity contribution < 1.29 is 14.5 Å². The molecule has 0 radical (unpaired) electrons. The highest BCUT2D eigenvalue weighted by Crippen LogP contribution is 2.35. The van der Waals surface area contributed by atoms with Gasteiger partial charge in [-0.15, -0.1) is 0 Å². The molecule has 0 atom stereocenters. The molecule has 1 aromatic carbocycles. The smallest absolute Gasteiger partial charge is 0.277 e. The molecule has 0 N–H and O–H groups in total. The fourth-order valence-corrected chi connectivity index (χ4v) is 3.59. The number of nitro benzene ring substituents is 1. The maximum absolute atomic E-state index is 13.7. The van der Waals surface area contributed by atoms with E-state index in [2.05, 4.69) is 18.9 Å². The van der Waals surface area contributed by atoms with Crippen molar-refractivity contribution in [1.82, 2.24) is 9.78 Å². The molecular weight excluding hydrogens is 394 g/mol. The minimum atomic E-state index is -0.401. The fourth-order valence-electron chi connectivity index (χ4n) is 3.59. The highest BCUT2D eigenvalue weighted by Gasteiger charge is 2.29. The van der Waals surface area contributed by atoms with Crippen molar-refractivity contribution in [3.05, 3.63) is 55.8 Å². The number of rotatable bonds is 8. The Bertz CT molecular complexity index is 1040. The number of ether oxygens (including phenoxy) is 1. The number of allylic oxidation sites excluding steroid dienone is 2. The van der Waals surface area contributed by atoms with Gasteiger partial charge in [-0.3, -0.25) is 14.9 Å². The molecule has 0 fully saturated rings. The predicted molar refractivity (Wildman–Crippen MR) is 123 cm³/mol. The van der Waals surface area contributed by atoms with Crippen molar-refractivity contribution in [2.24, 2.45) is 5.92 Å². The van der Waals surface area contributed by atoms with E-state index in [1.165, 1.54) is 12.1 Å². The Kier molecular flexibility index (Phi) is 7.41. The van der Waals surface area contributed by atoms with Crippen LogP contribution in [0.4, 0.5) is 5.69 Å². The lowest BCUT2D eigenvalue weighted by Crippen LogP contribution is -2.16. The van der Waals surface area contributed by atoms with Crippen LogP contribution in [0.15, 0.2) is 17.7 Å². The lowest BCUT2D eigenvalue weighted by Gasteiger charge is -2.16. The summed E-state index contributed by atoms with van der Waals surface area (Å²) in [5, 5.41) is 16.2. The number of ketones is 1. The van der Waals surface area contributed by atoms with E-state index in [1.807, 2.05) is 34.6 Å². The van der Waals surface area contributed by atoms with E-state index in [9.17, 15) is 14.9 Å². The van der Waals surface area contributed by atoms with Crippen LogP contribution >= 0.6 is 0 Å². The van der Waals surface area contributed by atoms with Crippen LogP contribution in [0.1, 0.15) is 81.2 Å². The van der Waals surface area contributed by atoms with Crippen molar-refractivity contribution in [2.45, 2.75) is 75.0 Å². The Morgan fingerprint density at radius 1 is 1.13 bits per heavy atom. The molecule has 1 aromatic heterocycles. The number of hydrogen-bond donors (Lipinski definition) is 0. The summed E-state index contributed by atoms with van der Waals surface area (Å²) >= 11 is 0. The summed E-state index contributed by atoms with van der Waals surface area (Å²) < 4.78 is 7.77.